The fourth-order valence-electron chi connectivity index (χ4n) is 3.12. The standard InChI is InChI=1S/C14H18N2O2S2/c1-3-10-6-4-5-9(2)13(10)16-11-7-20(17,18)8-12(11)19-14(16)15/h4-6,11-12,15H,3,7-8H2,1-2H3/t11-,12+/m1/s1. The lowest BCUT2D eigenvalue weighted by molar-refractivity contribution is 0.601. The van der Waals surface area contributed by atoms with Crippen molar-refractivity contribution in [3.05, 3.63) is 29.3 Å². The van der Waals surface area contributed by atoms with E-state index in [1.807, 2.05) is 24.0 Å². The summed E-state index contributed by atoms with van der Waals surface area (Å²) in [5.41, 5.74) is 3.33. The minimum atomic E-state index is -2.96. The zero-order valence-corrected chi connectivity index (χ0v) is 13.2. The molecule has 2 atom stereocenters. The molecule has 2 saturated heterocycles. The van der Waals surface area contributed by atoms with Crippen LogP contribution in [0.15, 0.2) is 18.2 Å². The maximum absolute atomic E-state index is 11.9. The van der Waals surface area contributed by atoms with Crippen LogP contribution in [0.2, 0.25) is 0 Å². The van der Waals surface area contributed by atoms with E-state index < -0.39 is 9.84 Å². The monoisotopic (exact) mass is 310 g/mol. The van der Waals surface area contributed by atoms with Crippen molar-refractivity contribution in [2.45, 2.75) is 31.6 Å². The fraction of sp³-hybridized carbons (Fsp3) is 0.500. The van der Waals surface area contributed by atoms with Gasteiger partial charge in [-0.2, -0.15) is 0 Å². The number of para-hydroxylation sites is 1. The Kier molecular flexibility index (Phi) is 3.33. The number of nitrogens with one attached hydrogen (secondary N) is 1. The molecule has 1 aromatic rings. The summed E-state index contributed by atoms with van der Waals surface area (Å²) in [6.07, 6.45) is 0.885. The van der Waals surface area contributed by atoms with Gasteiger partial charge in [-0.05, 0) is 24.5 Å². The van der Waals surface area contributed by atoms with E-state index in [1.54, 1.807) is 0 Å². The second-order valence-corrected chi connectivity index (χ2v) is 8.79. The number of aryl methyl sites for hydroxylation is 2. The summed E-state index contributed by atoms with van der Waals surface area (Å²) in [7, 11) is -2.96. The van der Waals surface area contributed by atoms with Crippen LogP contribution in [-0.4, -0.2) is 36.4 Å². The van der Waals surface area contributed by atoms with Crippen LogP contribution in [0.4, 0.5) is 5.69 Å². The molecule has 1 aromatic carbocycles. The molecule has 0 aromatic heterocycles. The van der Waals surface area contributed by atoms with Gasteiger partial charge < -0.3 is 4.90 Å². The summed E-state index contributed by atoms with van der Waals surface area (Å²) < 4.78 is 23.7. The van der Waals surface area contributed by atoms with Crippen LogP contribution >= 0.6 is 11.8 Å². The van der Waals surface area contributed by atoms with Crippen molar-refractivity contribution in [3.8, 4) is 0 Å². The molecule has 1 N–H and O–H groups in total. The average molecular weight is 310 g/mol. The van der Waals surface area contributed by atoms with Gasteiger partial charge in [0, 0.05) is 10.9 Å². The van der Waals surface area contributed by atoms with E-state index in [1.165, 1.54) is 17.3 Å². The highest BCUT2D eigenvalue weighted by Gasteiger charge is 2.49. The Bertz CT molecular complexity index is 670. The van der Waals surface area contributed by atoms with E-state index >= 15 is 0 Å². The average Bonchev–Trinajstić information content (AvgIpc) is 2.80. The van der Waals surface area contributed by atoms with E-state index in [-0.39, 0.29) is 22.8 Å². The Labute approximate surface area is 124 Å². The SMILES string of the molecule is CCc1cccc(C)c1N1C(=N)S[C@H]2CS(=O)(=O)C[C@H]21. The minimum absolute atomic E-state index is 0.0109. The molecule has 4 nitrogen and oxygen atoms in total. The van der Waals surface area contributed by atoms with Crippen LogP contribution in [0, 0.1) is 12.3 Å². The highest BCUT2D eigenvalue weighted by Crippen LogP contribution is 2.42. The summed E-state index contributed by atoms with van der Waals surface area (Å²) in [5, 5.41) is 8.73. The van der Waals surface area contributed by atoms with Gasteiger partial charge in [-0.1, -0.05) is 36.9 Å². The van der Waals surface area contributed by atoms with E-state index in [0.717, 1.165) is 17.7 Å². The first-order chi connectivity index (χ1) is 9.43. The second-order valence-electron chi connectivity index (χ2n) is 5.41. The minimum Gasteiger partial charge on any atom is -0.316 e. The quantitative estimate of drug-likeness (QED) is 0.910. The first-order valence-corrected chi connectivity index (χ1v) is 9.46. The van der Waals surface area contributed by atoms with Gasteiger partial charge >= 0.3 is 0 Å². The van der Waals surface area contributed by atoms with E-state index in [2.05, 4.69) is 13.0 Å². The molecule has 2 fully saturated rings. The molecule has 0 radical (unpaired) electrons. The number of thioether (sulfide) groups is 1. The fourth-order valence-corrected chi connectivity index (χ4v) is 6.90. The molecule has 0 amide bonds. The van der Waals surface area contributed by atoms with Gasteiger partial charge in [0.1, 0.15) is 0 Å². The van der Waals surface area contributed by atoms with E-state index in [0.29, 0.717) is 5.17 Å². The second kappa shape index (κ2) is 4.77. The first kappa shape index (κ1) is 13.9. The van der Waals surface area contributed by atoms with Crippen molar-refractivity contribution in [1.82, 2.24) is 0 Å². The number of nitrogens with zero attached hydrogens (tertiary/aromatic N) is 1. The zero-order valence-electron chi connectivity index (χ0n) is 11.6. The lowest BCUT2D eigenvalue weighted by Gasteiger charge is -2.28. The molecular weight excluding hydrogens is 292 g/mol. The van der Waals surface area contributed by atoms with Crippen molar-refractivity contribution >= 4 is 32.5 Å². The lowest BCUT2D eigenvalue weighted by Crippen LogP contribution is -2.38. The summed E-state index contributed by atoms with van der Waals surface area (Å²) >= 11 is 1.40. The van der Waals surface area contributed by atoms with Crippen molar-refractivity contribution in [2.75, 3.05) is 16.4 Å². The predicted molar refractivity (Wildman–Crippen MR) is 84.6 cm³/mol. The lowest BCUT2D eigenvalue weighted by atomic mass is 10.0. The molecule has 2 aliphatic heterocycles. The van der Waals surface area contributed by atoms with E-state index in [4.69, 9.17) is 5.41 Å². The van der Waals surface area contributed by atoms with Crippen molar-refractivity contribution < 1.29 is 8.42 Å². The van der Waals surface area contributed by atoms with Crippen LogP contribution in [0.5, 0.6) is 0 Å². The van der Waals surface area contributed by atoms with Gasteiger partial charge in [-0.25, -0.2) is 8.42 Å². The third-order valence-corrected chi connectivity index (χ3v) is 7.16. The smallest absolute Gasteiger partial charge is 0.161 e. The van der Waals surface area contributed by atoms with Crippen LogP contribution in [0.25, 0.3) is 0 Å². The van der Waals surface area contributed by atoms with Gasteiger partial charge in [-0.3, -0.25) is 5.41 Å². The summed E-state index contributed by atoms with van der Waals surface area (Å²) in [5.74, 6) is 0.374. The van der Waals surface area contributed by atoms with Gasteiger partial charge in [0.05, 0.1) is 17.5 Å². The molecular formula is C14H18N2O2S2. The van der Waals surface area contributed by atoms with Crippen LogP contribution in [0.3, 0.4) is 0 Å². The molecule has 6 heteroatoms. The van der Waals surface area contributed by atoms with Crippen molar-refractivity contribution in [2.24, 2.45) is 0 Å². The Hall–Kier alpha value is -1.01. The van der Waals surface area contributed by atoms with Crippen molar-refractivity contribution in [1.29, 1.82) is 5.41 Å². The first-order valence-electron chi connectivity index (χ1n) is 6.76. The molecule has 0 unspecified atom stereocenters. The van der Waals surface area contributed by atoms with Gasteiger partial charge in [0.2, 0.25) is 0 Å². The number of fused-ring (bicyclic) bond motifs is 1. The van der Waals surface area contributed by atoms with Crippen LogP contribution in [0.1, 0.15) is 18.1 Å². The maximum Gasteiger partial charge on any atom is 0.161 e. The van der Waals surface area contributed by atoms with Gasteiger partial charge in [0.25, 0.3) is 0 Å². The maximum atomic E-state index is 11.9. The molecule has 2 aliphatic rings. The third-order valence-electron chi connectivity index (χ3n) is 4.03. The normalized spacial score (nSPS) is 27.9. The number of hydrogen-bond donors (Lipinski definition) is 1. The summed E-state index contributed by atoms with van der Waals surface area (Å²) in [6.45, 7) is 4.12. The number of amidine groups is 1. The highest BCUT2D eigenvalue weighted by atomic mass is 32.2. The number of anilines is 1. The number of hydrogen-bond acceptors (Lipinski definition) is 4. The van der Waals surface area contributed by atoms with Crippen LogP contribution < -0.4 is 4.90 Å². The van der Waals surface area contributed by atoms with Gasteiger partial charge in [0.15, 0.2) is 15.0 Å². The zero-order chi connectivity index (χ0) is 14.5. The molecule has 20 heavy (non-hydrogen) atoms. The van der Waals surface area contributed by atoms with Gasteiger partial charge in [-0.15, -0.1) is 0 Å². The number of rotatable bonds is 2. The number of sulfone groups is 1. The topological polar surface area (TPSA) is 61.2 Å². The molecule has 108 valence electrons. The molecule has 3 rings (SSSR count). The highest BCUT2D eigenvalue weighted by molar-refractivity contribution is 8.15. The molecule has 0 spiro atoms. The van der Waals surface area contributed by atoms with Crippen LogP contribution in [-0.2, 0) is 16.3 Å². The van der Waals surface area contributed by atoms with Crippen molar-refractivity contribution in [3.63, 3.8) is 0 Å². The Morgan fingerprint density at radius 3 is 2.85 bits per heavy atom. The predicted octanol–water partition coefficient (Wildman–Crippen LogP) is 2.21. The third kappa shape index (κ3) is 2.15. The molecule has 0 aliphatic carbocycles. The summed E-state index contributed by atoms with van der Waals surface area (Å²) in [4.78, 5) is 1.95. The Balaban J connectivity index is 2.08. The summed E-state index contributed by atoms with van der Waals surface area (Å²) in [6, 6.07) is 6.04. The van der Waals surface area contributed by atoms with E-state index in [9.17, 15) is 8.42 Å². The molecule has 0 saturated carbocycles. The number of benzene rings is 1. The molecule has 0 bridgehead atoms. The molecule has 2 heterocycles. The Morgan fingerprint density at radius 1 is 1.40 bits per heavy atom. The Morgan fingerprint density at radius 2 is 2.15 bits per heavy atom. The largest absolute Gasteiger partial charge is 0.316 e.